The first-order valence-electron chi connectivity index (χ1n) is 6.60. The average Bonchev–Trinajstić information content (AvgIpc) is 2.85. The van der Waals surface area contributed by atoms with Crippen LogP contribution >= 0.6 is 0 Å². The Labute approximate surface area is 111 Å². The minimum Gasteiger partial charge on any atom is -0.463 e. The maximum Gasteiger partial charge on any atom is 0.257 e. The van der Waals surface area contributed by atoms with Crippen LogP contribution in [0.1, 0.15) is 23.7 Å². The number of carbonyl (C=O) groups is 1. The molecule has 2 unspecified atom stereocenters. The van der Waals surface area contributed by atoms with Crippen LogP contribution in [0.5, 0.6) is 0 Å². The molecule has 19 heavy (non-hydrogen) atoms. The summed E-state index contributed by atoms with van der Waals surface area (Å²) in [5.41, 5.74) is 1.34. The van der Waals surface area contributed by atoms with Gasteiger partial charge < -0.3 is 14.4 Å². The van der Waals surface area contributed by atoms with Crippen molar-refractivity contribution in [2.45, 2.75) is 19.4 Å². The molecule has 0 spiro atoms. The number of likely N-dealkylation sites (tertiary alicyclic amines) is 1. The number of nitrogens with zero attached hydrogens (tertiary/aromatic N) is 1. The van der Waals surface area contributed by atoms with E-state index < -0.39 is 0 Å². The number of carbonyl (C=O) groups excluding carboxylic acids is 1. The highest BCUT2D eigenvalue weighted by Gasteiger charge is 2.29. The highest BCUT2D eigenvalue weighted by atomic mass is 16.3. The minimum absolute atomic E-state index is 0.0105. The second-order valence-corrected chi connectivity index (χ2v) is 5.23. The molecule has 1 amide bonds. The molecule has 1 fully saturated rings. The first-order chi connectivity index (χ1) is 9.16. The number of benzene rings is 1. The molecule has 2 aromatic rings. The molecule has 1 aliphatic heterocycles. The first kappa shape index (κ1) is 12.2. The second-order valence-electron chi connectivity index (χ2n) is 5.23. The van der Waals surface area contributed by atoms with Gasteiger partial charge in [-0.15, -0.1) is 0 Å². The summed E-state index contributed by atoms with van der Waals surface area (Å²) in [5, 5.41) is 10.6. The maximum atomic E-state index is 12.5. The number of para-hydroxylation sites is 1. The van der Waals surface area contributed by atoms with Crippen LogP contribution in [0, 0.1) is 5.92 Å². The summed E-state index contributed by atoms with van der Waals surface area (Å²) < 4.78 is 5.41. The van der Waals surface area contributed by atoms with Gasteiger partial charge in [0.1, 0.15) is 11.8 Å². The normalized spacial score (nSPS) is 23.8. The summed E-state index contributed by atoms with van der Waals surface area (Å²) >= 11 is 0. The van der Waals surface area contributed by atoms with E-state index in [1.54, 1.807) is 4.90 Å². The van der Waals surface area contributed by atoms with Crippen LogP contribution in [0.2, 0.25) is 0 Å². The molecule has 1 aromatic carbocycles. The number of hydrogen-bond donors (Lipinski definition) is 1. The number of piperidine rings is 1. The SMILES string of the molecule is CC1CN(C(=O)c2coc3ccccc23)CCC1O. The van der Waals surface area contributed by atoms with Crippen molar-refractivity contribution >= 4 is 16.9 Å². The Bertz CT molecular complexity index is 604. The van der Waals surface area contributed by atoms with Crippen molar-refractivity contribution in [1.29, 1.82) is 0 Å². The van der Waals surface area contributed by atoms with Crippen molar-refractivity contribution in [3.8, 4) is 0 Å². The van der Waals surface area contributed by atoms with Gasteiger partial charge in [-0.1, -0.05) is 25.1 Å². The molecule has 1 aliphatic rings. The van der Waals surface area contributed by atoms with Gasteiger partial charge in [-0.05, 0) is 18.4 Å². The van der Waals surface area contributed by atoms with Crippen molar-refractivity contribution in [2.75, 3.05) is 13.1 Å². The summed E-state index contributed by atoms with van der Waals surface area (Å²) in [7, 11) is 0. The van der Waals surface area contributed by atoms with Crippen LogP contribution in [-0.2, 0) is 0 Å². The van der Waals surface area contributed by atoms with Gasteiger partial charge in [0.2, 0.25) is 0 Å². The molecule has 4 heteroatoms. The van der Waals surface area contributed by atoms with Crippen molar-refractivity contribution in [1.82, 2.24) is 4.90 Å². The summed E-state index contributed by atoms with van der Waals surface area (Å²) in [4.78, 5) is 14.3. The number of rotatable bonds is 1. The molecule has 0 radical (unpaired) electrons. The van der Waals surface area contributed by atoms with E-state index in [0.29, 0.717) is 25.1 Å². The van der Waals surface area contributed by atoms with E-state index in [1.807, 2.05) is 31.2 Å². The molecular formula is C15H17NO3. The zero-order chi connectivity index (χ0) is 13.4. The number of aliphatic hydroxyl groups excluding tert-OH is 1. The zero-order valence-corrected chi connectivity index (χ0v) is 10.9. The number of hydrogen-bond acceptors (Lipinski definition) is 3. The summed E-state index contributed by atoms with van der Waals surface area (Å²) in [6, 6.07) is 7.54. The minimum atomic E-state index is -0.301. The summed E-state index contributed by atoms with van der Waals surface area (Å²) in [6.45, 7) is 3.17. The van der Waals surface area contributed by atoms with Gasteiger partial charge in [0.15, 0.2) is 0 Å². The lowest BCUT2D eigenvalue weighted by Crippen LogP contribution is -2.44. The van der Waals surface area contributed by atoms with Crippen molar-refractivity contribution < 1.29 is 14.3 Å². The molecule has 4 nitrogen and oxygen atoms in total. The monoisotopic (exact) mass is 259 g/mol. The molecule has 100 valence electrons. The van der Waals surface area contributed by atoms with E-state index in [9.17, 15) is 9.90 Å². The highest BCUT2D eigenvalue weighted by molar-refractivity contribution is 6.05. The first-order valence-corrected chi connectivity index (χ1v) is 6.60. The Morgan fingerprint density at radius 3 is 3.00 bits per heavy atom. The molecule has 2 heterocycles. The fourth-order valence-corrected chi connectivity index (χ4v) is 2.63. The van der Waals surface area contributed by atoms with Crippen LogP contribution in [0.3, 0.4) is 0 Å². The van der Waals surface area contributed by atoms with E-state index in [-0.39, 0.29) is 17.9 Å². The standard InChI is InChI=1S/C15H17NO3/c1-10-8-16(7-6-13(10)17)15(18)12-9-19-14-5-3-2-4-11(12)14/h2-5,9-10,13,17H,6-8H2,1H3. The second kappa shape index (κ2) is 4.70. The number of aliphatic hydroxyl groups is 1. The Morgan fingerprint density at radius 1 is 1.42 bits per heavy atom. The molecule has 0 aliphatic carbocycles. The Kier molecular flexibility index (Phi) is 3.03. The topological polar surface area (TPSA) is 53.7 Å². The third-order valence-electron chi connectivity index (χ3n) is 3.86. The van der Waals surface area contributed by atoms with Crippen molar-refractivity contribution in [3.63, 3.8) is 0 Å². The molecule has 3 rings (SSSR count). The lowest BCUT2D eigenvalue weighted by molar-refractivity contribution is 0.0298. The lowest BCUT2D eigenvalue weighted by atomic mass is 9.96. The third kappa shape index (κ3) is 2.12. The van der Waals surface area contributed by atoms with Gasteiger partial charge in [0.25, 0.3) is 5.91 Å². The summed E-state index contributed by atoms with van der Waals surface area (Å²) in [5.74, 6) is 0.111. The zero-order valence-electron chi connectivity index (χ0n) is 10.9. The van der Waals surface area contributed by atoms with Crippen LogP contribution in [0.25, 0.3) is 11.0 Å². The Morgan fingerprint density at radius 2 is 2.21 bits per heavy atom. The number of fused-ring (bicyclic) bond motifs is 1. The molecular weight excluding hydrogens is 242 g/mol. The van der Waals surface area contributed by atoms with E-state index in [4.69, 9.17) is 4.42 Å². The van der Waals surface area contributed by atoms with E-state index in [1.165, 1.54) is 6.26 Å². The van der Waals surface area contributed by atoms with Crippen LogP contribution < -0.4 is 0 Å². The fourth-order valence-electron chi connectivity index (χ4n) is 2.63. The van der Waals surface area contributed by atoms with Crippen molar-refractivity contribution in [2.24, 2.45) is 5.92 Å². The molecule has 0 saturated carbocycles. The van der Waals surface area contributed by atoms with Gasteiger partial charge in [-0.25, -0.2) is 0 Å². The average molecular weight is 259 g/mol. The van der Waals surface area contributed by atoms with Crippen LogP contribution in [-0.4, -0.2) is 35.1 Å². The van der Waals surface area contributed by atoms with Gasteiger partial charge in [-0.3, -0.25) is 4.79 Å². The quantitative estimate of drug-likeness (QED) is 0.854. The van der Waals surface area contributed by atoms with E-state index in [0.717, 1.165) is 11.0 Å². The predicted molar refractivity (Wildman–Crippen MR) is 71.9 cm³/mol. The largest absolute Gasteiger partial charge is 0.463 e. The van der Waals surface area contributed by atoms with Gasteiger partial charge in [-0.2, -0.15) is 0 Å². The Balaban J connectivity index is 1.88. The van der Waals surface area contributed by atoms with E-state index >= 15 is 0 Å². The summed E-state index contributed by atoms with van der Waals surface area (Å²) in [6.07, 6.45) is 1.87. The molecule has 2 atom stereocenters. The third-order valence-corrected chi connectivity index (χ3v) is 3.86. The Hall–Kier alpha value is -1.81. The molecule has 1 N–H and O–H groups in total. The van der Waals surface area contributed by atoms with E-state index in [2.05, 4.69) is 0 Å². The van der Waals surface area contributed by atoms with Crippen LogP contribution in [0.4, 0.5) is 0 Å². The lowest BCUT2D eigenvalue weighted by Gasteiger charge is -2.34. The smallest absolute Gasteiger partial charge is 0.257 e. The van der Waals surface area contributed by atoms with Crippen LogP contribution in [0.15, 0.2) is 34.9 Å². The molecule has 1 aromatic heterocycles. The van der Waals surface area contributed by atoms with Gasteiger partial charge in [0.05, 0.1) is 11.7 Å². The molecule has 1 saturated heterocycles. The van der Waals surface area contributed by atoms with Crippen molar-refractivity contribution in [3.05, 3.63) is 36.1 Å². The predicted octanol–water partition coefficient (Wildman–Crippen LogP) is 2.28. The van der Waals surface area contributed by atoms with Gasteiger partial charge >= 0.3 is 0 Å². The number of furan rings is 1. The highest BCUT2D eigenvalue weighted by Crippen LogP contribution is 2.24. The van der Waals surface area contributed by atoms with Gasteiger partial charge in [0, 0.05) is 18.5 Å². The number of amides is 1. The fraction of sp³-hybridized carbons (Fsp3) is 0.400. The molecule has 0 bridgehead atoms. The maximum absolute atomic E-state index is 12.5.